The number of ether oxygens (including phenoxy) is 1. The molecule has 1 atom stereocenters. The van der Waals surface area contributed by atoms with Crippen LogP contribution in [0.15, 0.2) is 24.3 Å². The predicted octanol–water partition coefficient (Wildman–Crippen LogP) is 2.96. The van der Waals surface area contributed by atoms with E-state index in [1.807, 2.05) is 12.1 Å². The topological polar surface area (TPSA) is 63.6 Å². The molecule has 0 saturated carbocycles. The van der Waals surface area contributed by atoms with Crippen molar-refractivity contribution in [3.05, 3.63) is 29.8 Å². The lowest BCUT2D eigenvalue weighted by Gasteiger charge is -2.15. The Hall–Kier alpha value is -1.07. The third kappa shape index (κ3) is 8.08. The zero-order chi connectivity index (χ0) is 14.3. The van der Waals surface area contributed by atoms with Crippen LogP contribution in [0.3, 0.4) is 0 Å². The van der Waals surface area contributed by atoms with Gasteiger partial charge in [-0.25, -0.2) is 0 Å². The van der Waals surface area contributed by atoms with Gasteiger partial charge in [0.15, 0.2) is 0 Å². The van der Waals surface area contributed by atoms with Crippen LogP contribution in [-0.4, -0.2) is 26.3 Å². The van der Waals surface area contributed by atoms with Gasteiger partial charge in [-0.2, -0.15) is 8.42 Å². The SMILES string of the molecule is COc1ccc(C(C)C(C)C)cc1.CS(=O)(=O)O. The normalized spacial score (nSPS) is 12.6. The van der Waals surface area contributed by atoms with Gasteiger partial charge in [-0.1, -0.05) is 32.9 Å². The molecule has 1 aromatic carbocycles. The Kier molecular flexibility index (Phi) is 6.94. The Morgan fingerprint density at radius 2 is 1.50 bits per heavy atom. The van der Waals surface area contributed by atoms with Gasteiger partial charge >= 0.3 is 0 Å². The van der Waals surface area contributed by atoms with Crippen LogP contribution in [0.25, 0.3) is 0 Å². The maximum atomic E-state index is 9.19. The lowest BCUT2D eigenvalue weighted by molar-refractivity contribution is 0.414. The van der Waals surface area contributed by atoms with Gasteiger partial charge in [0.25, 0.3) is 10.1 Å². The van der Waals surface area contributed by atoms with Gasteiger partial charge in [0.05, 0.1) is 13.4 Å². The highest BCUT2D eigenvalue weighted by atomic mass is 32.2. The summed E-state index contributed by atoms with van der Waals surface area (Å²) >= 11 is 0. The van der Waals surface area contributed by atoms with Crippen molar-refractivity contribution in [2.75, 3.05) is 13.4 Å². The number of benzene rings is 1. The number of hydrogen-bond acceptors (Lipinski definition) is 3. The maximum absolute atomic E-state index is 9.19. The smallest absolute Gasteiger partial charge is 0.261 e. The van der Waals surface area contributed by atoms with Gasteiger partial charge in [-0.15, -0.1) is 0 Å². The lowest BCUT2D eigenvalue weighted by Crippen LogP contribution is -2.01. The first-order chi connectivity index (χ1) is 8.15. The van der Waals surface area contributed by atoms with Crippen molar-refractivity contribution >= 4 is 10.1 Å². The Balaban J connectivity index is 0.000000494. The molecule has 1 N–H and O–H groups in total. The van der Waals surface area contributed by atoms with Crippen LogP contribution < -0.4 is 4.74 Å². The summed E-state index contributed by atoms with van der Waals surface area (Å²) in [5.41, 5.74) is 1.39. The van der Waals surface area contributed by atoms with E-state index in [1.54, 1.807) is 7.11 Å². The average molecular weight is 274 g/mol. The molecule has 0 heterocycles. The zero-order valence-electron chi connectivity index (χ0n) is 11.5. The Bertz CT molecular complexity index is 427. The number of rotatable bonds is 3. The van der Waals surface area contributed by atoms with E-state index in [-0.39, 0.29) is 0 Å². The molecule has 4 nitrogen and oxygen atoms in total. The Morgan fingerprint density at radius 1 is 1.11 bits per heavy atom. The minimum atomic E-state index is -3.67. The molecule has 0 radical (unpaired) electrons. The fourth-order valence-corrected chi connectivity index (χ4v) is 1.29. The van der Waals surface area contributed by atoms with Crippen molar-refractivity contribution < 1.29 is 17.7 Å². The van der Waals surface area contributed by atoms with E-state index in [2.05, 4.69) is 32.9 Å². The molecule has 0 spiro atoms. The second-order valence-electron chi connectivity index (χ2n) is 4.54. The monoisotopic (exact) mass is 274 g/mol. The van der Waals surface area contributed by atoms with E-state index in [1.165, 1.54) is 5.56 Å². The molecule has 1 aromatic rings. The van der Waals surface area contributed by atoms with Crippen molar-refractivity contribution in [3.63, 3.8) is 0 Å². The molecule has 0 bridgehead atoms. The summed E-state index contributed by atoms with van der Waals surface area (Å²) in [6, 6.07) is 8.33. The molecule has 1 rings (SSSR count). The quantitative estimate of drug-likeness (QED) is 0.861. The van der Waals surface area contributed by atoms with Crippen LogP contribution >= 0.6 is 0 Å². The van der Waals surface area contributed by atoms with Crippen LogP contribution in [-0.2, 0) is 10.1 Å². The summed E-state index contributed by atoms with van der Waals surface area (Å²) in [6.45, 7) is 6.75. The Labute approximate surface area is 110 Å². The van der Waals surface area contributed by atoms with Gasteiger partial charge in [0.2, 0.25) is 0 Å². The highest BCUT2D eigenvalue weighted by Gasteiger charge is 2.09. The first-order valence-electron chi connectivity index (χ1n) is 5.71. The third-order valence-electron chi connectivity index (χ3n) is 2.64. The second-order valence-corrected chi connectivity index (χ2v) is 6.00. The summed E-state index contributed by atoms with van der Waals surface area (Å²) in [4.78, 5) is 0. The van der Waals surface area contributed by atoms with Gasteiger partial charge in [0.1, 0.15) is 5.75 Å². The van der Waals surface area contributed by atoms with E-state index in [0.717, 1.165) is 5.75 Å². The summed E-state index contributed by atoms with van der Waals surface area (Å²) < 4.78 is 31.0. The predicted molar refractivity (Wildman–Crippen MR) is 73.7 cm³/mol. The standard InChI is InChI=1S/C12H18O.CH4O3S/c1-9(2)10(3)11-5-7-12(13-4)8-6-11;1-5(2,3)4/h5-10H,1-4H3;1H3,(H,2,3,4). The molecular weight excluding hydrogens is 252 g/mol. The van der Waals surface area contributed by atoms with E-state index >= 15 is 0 Å². The van der Waals surface area contributed by atoms with Crippen molar-refractivity contribution in [3.8, 4) is 5.75 Å². The van der Waals surface area contributed by atoms with Crippen LogP contribution in [0.5, 0.6) is 5.75 Å². The highest BCUT2D eigenvalue weighted by molar-refractivity contribution is 7.85. The zero-order valence-corrected chi connectivity index (χ0v) is 12.4. The van der Waals surface area contributed by atoms with Gasteiger partial charge in [-0.3, -0.25) is 4.55 Å². The number of methoxy groups -OCH3 is 1. The summed E-state index contributed by atoms with van der Waals surface area (Å²) in [7, 11) is -1.97. The second kappa shape index (κ2) is 7.38. The highest BCUT2D eigenvalue weighted by Crippen LogP contribution is 2.24. The molecule has 0 aliphatic rings. The van der Waals surface area contributed by atoms with E-state index < -0.39 is 10.1 Å². The number of hydrogen-bond donors (Lipinski definition) is 1. The van der Waals surface area contributed by atoms with Gasteiger partial charge in [0, 0.05) is 0 Å². The van der Waals surface area contributed by atoms with Gasteiger partial charge in [-0.05, 0) is 29.5 Å². The molecule has 18 heavy (non-hydrogen) atoms. The van der Waals surface area contributed by atoms with Crippen molar-refractivity contribution in [2.24, 2.45) is 5.92 Å². The summed E-state index contributed by atoms with van der Waals surface area (Å²) in [5, 5.41) is 0. The van der Waals surface area contributed by atoms with E-state index in [9.17, 15) is 8.42 Å². The third-order valence-corrected chi connectivity index (χ3v) is 2.64. The minimum Gasteiger partial charge on any atom is -0.497 e. The summed E-state index contributed by atoms with van der Waals surface area (Å²) in [5.74, 6) is 2.24. The van der Waals surface area contributed by atoms with E-state index in [4.69, 9.17) is 9.29 Å². The molecule has 5 heteroatoms. The largest absolute Gasteiger partial charge is 0.497 e. The van der Waals surface area contributed by atoms with Crippen LogP contribution in [0, 0.1) is 5.92 Å². The van der Waals surface area contributed by atoms with Crippen LogP contribution in [0.2, 0.25) is 0 Å². The molecular formula is C13H22O4S. The first kappa shape index (κ1) is 16.9. The molecule has 0 aliphatic carbocycles. The molecule has 0 aliphatic heterocycles. The molecule has 1 unspecified atom stereocenters. The molecule has 0 aromatic heterocycles. The molecule has 104 valence electrons. The maximum Gasteiger partial charge on any atom is 0.261 e. The summed E-state index contributed by atoms with van der Waals surface area (Å²) in [6.07, 6.45) is 0.715. The molecule has 0 saturated heterocycles. The molecule has 0 fully saturated rings. The Morgan fingerprint density at radius 3 is 1.78 bits per heavy atom. The fourth-order valence-electron chi connectivity index (χ4n) is 1.29. The van der Waals surface area contributed by atoms with Crippen molar-refractivity contribution in [1.29, 1.82) is 0 Å². The fraction of sp³-hybridized carbons (Fsp3) is 0.538. The van der Waals surface area contributed by atoms with Crippen LogP contribution in [0.4, 0.5) is 0 Å². The molecule has 0 amide bonds. The van der Waals surface area contributed by atoms with Gasteiger partial charge < -0.3 is 4.74 Å². The van der Waals surface area contributed by atoms with Crippen molar-refractivity contribution in [2.45, 2.75) is 26.7 Å². The van der Waals surface area contributed by atoms with Crippen molar-refractivity contribution in [1.82, 2.24) is 0 Å². The van der Waals surface area contributed by atoms with E-state index in [0.29, 0.717) is 18.1 Å². The first-order valence-corrected chi connectivity index (χ1v) is 7.56. The minimum absolute atomic E-state index is 0.617. The van der Waals surface area contributed by atoms with Crippen LogP contribution in [0.1, 0.15) is 32.3 Å². The lowest BCUT2D eigenvalue weighted by atomic mass is 9.90. The average Bonchev–Trinajstić information content (AvgIpc) is 2.26.